The minimum Gasteiger partial charge on any atom is -0.205 e. The van der Waals surface area contributed by atoms with Crippen molar-refractivity contribution in [2.75, 3.05) is 0 Å². The summed E-state index contributed by atoms with van der Waals surface area (Å²) < 4.78 is 2.12. The lowest BCUT2D eigenvalue weighted by atomic mass is 10.2. The molecule has 1 aromatic heterocycles. The Labute approximate surface area is 56.0 Å². The lowest BCUT2D eigenvalue weighted by Crippen LogP contribution is -2.31. The zero-order chi connectivity index (χ0) is 6.85. The Morgan fingerprint density at radius 1 is 1.33 bits per heavy atom. The molecule has 0 saturated carbocycles. The van der Waals surface area contributed by atoms with Crippen LogP contribution in [0, 0.1) is 13.8 Å². The van der Waals surface area contributed by atoms with Gasteiger partial charge in [-0.2, -0.15) is 0 Å². The molecule has 1 heterocycles. The van der Waals surface area contributed by atoms with E-state index < -0.39 is 0 Å². The minimum atomic E-state index is 1.33. The SMILES string of the molecule is Cc1ccc[n+](C)c1C. The van der Waals surface area contributed by atoms with Crippen LogP contribution in [0.1, 0.15) is 11.3 Å². The normalized spacial score (nSPS) is 9.67. The van der Waals surface area contributed by atoms with Crippen LogP contribution in [-0.2, 0) is 7.05 Å². The molecule has 9 heavy (non-hydrogen) atoms. The van der Waals surface area contributed by atoms with Gasteiger partial charge in [-0.05, 0) is 13.0 Å². The Morgan fingerprint density at radius 3 is 2.44 bits per heavy atom. The Balaban J connectivity index is 3.25. The van der Waals surface area contributed by atoms with E-state index in [1.165, 1.54) is 11.3 Å². The number of pyridine rings is 1. The van der Waals surface area contributed by atoms with E-state index in [1.807, 2.05) is 0 Å². The summed E-state index contributed by atoms with van der Waals surface area (Å²) in [5.41, 5.74) is 2.68. The number of hydrogen-bond acceptors (Lipinski definition) is 0. The molecule has 0 aliphatic rings. The second kappa shape index (κ2) is 2.18. The Kier molecular flexibility index (Phi) is 1.52. The highest BCUT2D eigenvalue weighted by Gasteiger charge is 1.99. The largest absolute Gasteiger partial charge is 0.205 e. The van der Waals surface area contributed by atoms with E-state index in [4.69, 9.17) is 0 Å². The first kappa shape index (κ1) is 6.27. The van der Waals surface area contributed by atoms with Gasteiger partial charge in [-0.3, -0.25) is 0 Å². The van der Waals surface area contributed by atoms with Gasteiger partial charge >= 0.3 is 0 Å². The first-order chi connectivity index (χ1) is 4.22. The van der Waals surface area contributed by atoms with Gasteiger partial charge in [-0.1, -0.05) is 0 Å². The van der Waals surface area contributed by atoms with Crippen molar-refractivity contribution in [1.29, 1.82) is 0 Å². The van der Waals surface area contributed by atoms with Gasteiger partial charge < -0.3 is 0 Å². The number of aryl methyl sites for hydroxylation is 2. The fraction of sp³-hybridized carbons (Fsp3) is 0.375. The van der Waals surface area contributed by atoms with Crippen LogP contribution in [0.3, 0.4) is 0 Å². The van der Waals surface area contributed by atoms with E-state index in [1.54, 1.807) is 0 Å². The van der Waals surface area contributed by atoms with Crippen LogP contribution in [0.4, 0.5) is 0 Å². The number of hydrogen-bond donors (Lipinski definition) is 0. The third-order valence-corrected chi connectivity index (χ3v) is 1.76. The lowest BCUT2D eigenvalue weighted by molar-refractivity contribution is -0.678. The summed E-state index contributed by atoms with van der Waals surface area (Å²) >= 11 is 0. The molecule has 0 bridgehead atoms. The maximum absolute atomic E-state index is 2.12. The van der Waals surface area contributed by atoms with Crippen LogP contribution in [0.25, 0.3) is 0 Å². The van der Waals surface area contributed by atoms with E-state index in [-0.39, 0.29) is 0 Å². The van der Waals surface area contributed by atoms with Crippen LogP contribution < -0.4 is 4.57 Å². The molecule has 1 heteroatoms. The fourth-order valence-corrected chi connectivity index (χ4v) is 0.827. The van der Waals surface area contributed by atoms with E-state index in [9.17, 15) is 0 Å². The maximum atomic E-state index is 2.12. The van der Waals surface area contributed by atoms with Gasteiger partial charge in [-0.25, -0.2) is 4.57 Å². The van der Waals surface area contributed by atoms with Gasteiger partial charge in [-0.15, -0.1) is 0 Å². The van der Waals surface area contributed by atoms with Crippen molar-refractivity contribution in [3.8, 4) is 0 Å². The Bertz CT molecular complexity index is 196. The Morgan fingerprint density at radius 2 is 2.00 bits per heavy atom. The highest BCUT2D eigenvalue weighted by atomic mass is 14.9. The quantitative estimate of drug-likeness (QED) is 0.454. The average molecular weight is 122 g/mol. The first-order valence-electron chi connectivity index (χ1n) is 3.13. The molecule has 0 aliphatic heterocycles. The average Bonchev–Trinajstić information content (AvgIpc) is 1.83. The van der Waals surface area contributed by atoms with E-state index in [0.717, 1.165) is 0 Å². The molecular formula is C8H12N+. The molecule has 0 aromatic carbocycles. The summed E-state index contributed by atoms with van der Waals surface area (Å²) in [6.07, 6.45) is 2.06. The summed E-state index contributed by atoms with van der Waals surface area (Å²) in [6, 6.07) is 4.18. The summed E-state index contributed by atoms with van der Waals surface area (Å²) in [5.74, 6) is 0. The van der Waals surface area contributed by atoms with Gasteiger partial charge in [0.15, 0.2) is 11.9 Å². The standard InChI is InChI=1S/C8H12N/c1-7-5-4-6-9(3)8(7)2/h4-6H,1-3H3/q+1. The number of rotatable bonds is 0. The van der Waals surface area contributed by atoms with Crippen molar-refractivity contribution in [2.24, 2.45) is 7.05 Å². The maximum Gasteiger partial charge on any atom is 0.180 e. The second-order valence-corrected chi connectivity index (χ2v) is 2.39. The topological polar surface area (TPSA) is 3.88 Å². The molecule has 0 saturated heterocycles. The molecule has 0 N–H and O–H groups in total. The molecule has 0 spiro atoms. The van der Waals surface area contributed by atoms with Crippen molar-refractivity contribution in [2.45, 2.75) is 13.8 Å². The van der Waals surface area contributed by atoms with Crippen molar-refractivity contribution in [1.82, 2.24) is 0 Å². The highest BCUT2D eigenvalue weighted by molar-refractivity contribution is 5.10. The van der Waals surface area contributed by atoms with Crippen LogP contribution in [0.2, 0.25) is 0 Å². The first-order valence-corrected chi connectivity index (χ1v) is 3.13. The lowest BCUT2D eigenvalue weighted by Gasteiger charge is -1.94. The van der Waals surface area contributed by atoms with Gasteiger partial charge in [0.05, 0.1) is 0 Å². The van der Waals surface area contributed by atoms with Crippen molar-refractivity contribution >= 4 is 0 Å². The molecule has 48 valence electrons. The predicted octanol–water partition coefficient (Wildman–Crippen LogP) is 1.13. The number of aromatic nitrogens is 1. The van der Waals surface area contributed by atoms with Crippen LogP contribution in [0.15, 0.2) is 18.3 Å². The third kappa shape index (κ3) is 1.10. The smallest absolute Gasteiger partial charge is 0.180 e. The van der Waals surface area contributed by atoms with Gasteiger partial charge in [0.2, 0.25) is 0 Å². The summed E-state index contributed by atoms with van der Waals surface area (Å²) in [6.45, 7) is 4.24. The van der Waals surface area contributed by atoms with Crippen molar-refractivity contribution in [3.63, 3.8) is 0 Å². The van der Waals surface area contributed by atoms with Gasteiger partial charge in [0.1, 0.15) is 7.05 Å². The summed E-state index contributed by atoms with van der Waals surface area (Å²) in [7, 11) is 2.06. The predicted molar refractivity (Wildman–Crippen MR) is 37.1 cm³/mol. The molecule has 0 fully saturated rings. The number of nitrogens with zero attached hydrogens (tertiary/aromatic N) is 1. The van der Waals surface area contributed by atoms with Gasteiger partial charge in [0, 0.05) is 18.6 Å². The zero-order valence-electron chi connectivity index (χ0n) is 6.18. The van der Waals surface area contributed by atoms with Crippen LogP contribution in [-0.4, -0.2) is 0 Å². The van der Waals surface area contributed by atoms with E-state index >= 15 is 0 Å². The van der Waals surface area contributed by atoms with Gasteiger partial charge in [0.25, 0.3) is 0 Å². The molecule has 1 nitrogen and oxygen atoms in total. The molecule has 0 aliphatic carbocycles. The van der Waals surface area contributed by atoms with E-state index in [0.29, 0.717) is 0 Å². The highest BCUT2D eigenvalue weighted by Crippen LogP contribution is 1.96. The summed E-state index contributed by atoms with van der Waals surface area (Å²) in [4.78, 5) is 0. The molecule has 1 aromatic rings. The molecule has 1 rings (SSSR count). The van der Waals surface area contributed by atoms with Crippen LogP contribution >= 0.6 is 0 Å². The molecular weight excluding hydrogens is 110 g/mol. The molecule has 0 unspecified atom stereocenters. The van der Waals surface area contributed by atoms with E-state index in [2.05, 4.69) is 43.8 Å². The minimum absolute atomic E-state index is 1.33. The van der Waals surface area contributed by atoms with Crippen molar-refractivity contribution in [3.05, 3.63) is 29.6 Å². The van der Waals surface area contributed by atoms with Crippen LogP contribution in [0.5, 0.6) is 0 Å². The monoisotopic (exact) mass is 122 g/mol. The third-order valence-electron chi connectivity index (χ3n) is 1.76. The molecule has 0 amide bonds. The fourth-order valence-electron chi connectivity index (χ4n) is 0.827. The van der Waals surface area contributed by atoms with Crippen molar-refractivity contribution < 1.29 is 4.57 Å². The summed E-state index contributed by atoms with van der Waals surface area (Å²) in [5, 5.41) is 0. The second-order valence-electron chi connectivity index (χ2n) is 2.39. The Hall–Kier alpha value is -0.850. The zero-order valence-corrected chi connectivity index (χ0v) is 6.18. The molecule has 0 radical (unpaired) electrons. The molecule has 0 atom stereocenters.